The monoisotopic (exact) mass is 342 g/mol. The van der Waals surface area contributed by atoms with Gasteiger partial charge in [0.05, 0.1) is 12.6 Å². The molecule has 5 heteroatoms. The minimum absolute atomic E-state index is 0.0584. The van der Waals surface area contributed by atoms with E-state index in [1.807, 2.05) is 45.0 Å². The van der Waals surface area contributed by atoms with Crippen LogP contribution in [0.3, 0.4) is 0 Å². The number of likely N-dealkylation sites (N-methyl/N-ethyl adjacent to an activating group) is 1. The fraction of sp³-hybridized carbons (Fsp3) is 0.533. The minimum Gasteiger partial charge on any atom is -0.492 e. The van der Waals surface area contributed by atoms with Crippen molar-refractivity contribution in [2.24, 2.45) is 11.1 Å². The van der Waals surface area contributed by atoms with Gasteiger partial charge in [-0.3, -0.25) is 4.79 Å². The zero-order valence-electron chi connectivity index (χ0n) is 12.5. The molecule has 0 heterocycles. The van der Waals surface area contributed by atoms with Gasteiger partial charge in [0.2, 0.25) is 5.91 Å². The van der Waals surface area contributed by atoms with Crippen LogP contribution in [0.5, 0.6) is 5.75 Å². The highest BCUT2D eigenvalue weighted by Crippen LogP contribution is 2.19. The molecule has 1 amide bonds. The van der Waals surface area contributed by atoms with E-state index in [1.54, 1.807) is 11.9 Å². The molecular weight excluding hydrogens is 320 g/mol. The second kappa shape index (κ2) is 7.09. The predicted octanol–water partition coefficient (Wildman–Crippen LogP) is 2.66. The lowest BCUT2D eigenvalue weighted by Gasteiger charge is -2.29. The van der Waals surface area contributed by atoms with E-state index in [4.69, 9.17) is 10.5 Å². The van der Waals surface area contributed by atoms with Crippen LogP contribution in [0.25, 0.3) is 0 Å². The van der Waals surface area contributed by atoms with Gasteiger partial charge in [0, 0.05) is 11.5 Å². The maximum Gasteiger partial charge on any atom is 0.239 e. The SMILES string of the molecule is CN(CCOc1ccc(Br)cc1)C(=O)C(N)C(C)(C)C. The molecule has 0 saturated heterocycles. The molecule has 0 radical (unpaired) electrons. The van der Waals surface area contributed by atoms with Crippen molar-refractivity contribution in [1.82, 2.24) is 4.90 Å². The summed E-state index contributed by atoms with van der Waals surface area (Å²) in [6, 6.07) is 7.10. The van der Waals surface area contributed by atoms with E-state index in [9.17, 15) is 4.79 Å². The van der Waals surface area contributed by atoms with Gasteiger partial charge in [0.15, 0.2) is 0 Å². The van der Waals surface area contributed by atoms with E-state index >= 15 is 0 Å². The Kier molecular flexibility index (Phi) is 6.02. The summed E-state index contributed by atoms with van der Waals surface area (Å²) in [4.78, 5) is 13.7. The van der Waals surface area contributed by atoms with Crippen molar-refractivity contribution < 1.29 is 9.53 Å². The van der Waals surface area contributed by atoms with Gasteiger partial charge in [-0.15, -0.1) is 0 Å². The Labute approximate surface area is 129 Å². The molecule has 1 rings (SSSR count). The summed E-state index contributed by atoms with van der Waals surface area (Å²) in [5.41, 5.74) is 5.72. The molecule has 1 atom stereocenters. The van der Waals surface area contributed by atoms with Gasteiger partial charge in [0.1, 0.15) is 12.4 Å². The maximum absolute atomic E-state index is 12.1. The van der Waals surface area contributed by atoms with E-state index in [-0.39, 0.29) is 11.3 Å². The van der Waals surface area contributed by atoms with Crippen LogP contribution in [-0.2, 0) is 4.79 Å². The molecule has 0 aliphatic carbocycles. The molecular formula is C15H23BrN2O2. The number of ether oxygens (including phenoxy) is 1. The molecule has 0 aliphatic heterocycles. The standard InChI is InChI=1S/C15H23BrN2O2/c1-15(2,3)13(17)14(19)18(4)9-10-20-12-7-5-11(16)6-8-12/h5-8,13H,9-10,17H2,1-4H3. The van der Waals surface area contributed by atoms with Crippen LogP contribution in [0.2, 0.25) is 0 Å². The van der Waals surface area contributed by atoms with Crippen molar-refractivity contribution in [3.8, 4) is 5.75 Å². The molecule has 0 spiro atoms. The summed E-state index contributed by atoms with van der Waals surface area (Å²) < 4.78 is 6.60. The largest absolute Gasteiger partial charge is 0.492 e. The maximum atomic E-state index is 12.1. The Morgan fingerprint density at radius 3 is 2.40 bits per heavy atom. The Balaban J connectivity index is 2.41. The predicted molar refractivity (Wildman–Crippen MR) is 84.7 cm³/mol. The molecule has 2 N–H and O–H groups in total. The van der Waals surface area contributed by atoms with Gasteiger partial charge in [-0.25, -0.2) is 0 Å². The Morgan fingerprint density at radius 1 is 1.35 bits per heavy atom. The van der Waals surface area contributed by atoms with Crippen LogP contribution in [0.15, 0.2) is 28.7 Å². The van der Waals surface area contributed by atoms with E-state index in [0.29, 0.717) is 13.2 Å². The highest BCUT2D eigenvalue weighted by atomic mass is 79.9. The Morgan fingerprint density at radius 2 is 1.90 bits per heavy atom. The van der Waals surface area contributed by atoms with E-state index in [0.717, 1.165) is 10.2 Å². The fourth-order valence-electron chi connectivity index (χ4n) is 1.55. The topological polar surface area (TPSA) is 55.6 Å². The first-order valence-electron chi connectivity index (χ1n) is 6.61. The minimum atomic E-state index is -0.500. The molecule has 4 nitrogen and oxygen atoms in total. The van der Waals surface area contributed by atoms with E-state index in [2.05, 4.69) is 15.9 Å². The highest BCUT2D eigenvalue weighted by molar-refractivity contribution is 9.10. The number of benzene rings is 1. The van der Waals surface area contributed by atoms with Crippen LogP contribution in [0, 0.1) is 5.41 Å². The fourth-order valence-corrected chi connectivity index (χ4v) is 1.81. The first-order chi connectivity index (χ1) is 9.21. The number of halogens is 1. The average molecular weight is 343 g/mol. The second-order valence-electron chi connectivity index (χ2n) is 5.91. The molecule has 0 fully saturated rings. The number of carbonyl (C=O) groups is 1. The van der Waals surface area contributed by atoms with Gasteiger partial charge in [-0.05, 0) is 29.7 Å². The van der Waals surface area contributed by atoms with Gasteiger partial charge < -0.3 is 15.4 Å². The molecule has 1 aromatic carbocycles. The third kappa shape index (κ3) is 5.13. The highest BCUT2D eigenvalue weighted by Gasteiger charge is 2.29. The normalized spacial score (nSPS) is 12.9. The third-order valence-electron chi connectivity index (χ3n) is 3.08. The number of rotatable bonds is 5. The van der Waals surface area contributed by atoms with Crippen LogP contribution < -0.4 is 10.5 Å². The summed E-state index contributed by atoms with van der Waals surface area (Å²) >= 11 is 3.37. The summed E-state index contributed by atoms with van der Waals surface area (Å²) in [6.07, 6.45) is 0. The van der Waals surface area contributed by atoms with Gasteiger partial charge in [-0.2, -0.15) is 0 Å². The number of nitrogens with two attached hydrogens (primary N) is 1. The molecule has 0 saturated carbocycles. The van der Waals surface area contributed by atoms with Crippen molar-refractivity contribution in [2.75, 3.05) is 20.2 Å². The van der Waals surface area contributed by atoms with Crippen molar-refractivity contribution >= 4 is 21.8 Å². The number of hydrogen-bond donors (Lipinski definition) is 1. The lowest BCUT2D eigenvalue weighted by molar-refractivity contribution is -0.133. The Hall–Kier alpha value is -1.07. The molecule has 1 unspecified atom stereocenters. The Bertz CT molecular complexity index is 440. The number of nitrogens with zero attached hydrogens (tertiary/aromatic N) is 1. The van der Waals surface area contributed by atoms with Crippen LogP contribution >= 0.6 is 15.9 Å². The first kappa shape index (κ1) is 17.0. The molecule has 0 aromatic heterocycles. The number of amides is 1. The van der Waals surface area contributed by atoms with Gasteiger partial charge in [0.25, 0.3) is 0 Å². The zero-order valence-corrected chi connectivity index (χ0v) is 14.1. The van der Waals surface area contributed by atoms with Crippen molar-refractivity contribution in [3.63, 3.8) is 0 Å². The second-order valence-corrected chi connectivity index (χ2v) is 6.82. The summed E-state index contributed by atoms with van der Waals surface area (Å²) in [7, 11) is 1.75. The summed E-state index contributed by atoms with van der Waals surface area (Å²) in [5.74, 6) is 0.728. The average Bonchev–Trinajstić information content (AvgIpc) is 2.38. The molecule has 0 bridgehead atoms. The van der Waals surface area contributed by atoms with E-state index < -0.39 is 6.04 Å². The molecule has 0 aliphatic rings. The quantitative estimate of drug-likeness (QED) is 0.894. The zero-order chi connectivity index (χ0) is 15.3. The first-order valence-corrected chi connectivity index (χ1v) is 7.40. The lowest BCUT2D eigenvalue weighted by atomic mass is 9.86. The number of carbonyl (C=O) groups excluding carboxylic acids is 1. The summed E-state index contributed by atoms with van der Waals surface area (Å²) in [5, 5.41) is 0. The van der Waals surface area contributed by atoms with Crippen molar-refractivity contribution in [1.29, 1.82) is 0 Å². The van der Waals surface area contributed by atoms with Crippen LogP contribution in [0.1, 0.15) is 20.8 Å². The molecule has 20 heavy (non-hydrogen) atoms. The van der Waals surface area contributed by atoms with Crippen molar-refractivity contribution in [3.05, 3.63) is 28.7 Å². The number of hydrogen-bond acceptors (Lipinski definition) is 3. The van der Waals surface area contributed by atoms with Crippen LogP contribution in [0.4, 0.5) is 0 Å². The van der Waals surface area contributed by atoms with E-state index in [1.165, 1.54) is 0 Å². The third-order valence-corrected chi connectivity index (χ3v) is 3.61. The lowest BCUT2D eigenvalue weighted by Crippen LogP contribution is -2.49. The smallest absolute Gasteiger partial charge is 0.239 e. The van der Waals surface area contributed by atoms with Gasteiger partial charge in [-0.1, -0.05) is 36.7 Å². The van der Waals surface area contributed by atoms with Crippen LogP contribution in [-0.4, -0.2) is 37.0 Å². The van der Waals surface area contributed by atoms with Gasteiger partial charge >= 0.3 is 0 Å². The molecule has 112 valence electrons. The summed E-state index contributed by atoms with van der Waals surface area (Å²) in [6.45, 7) is 6.84. The molecule has 1 aromatic rings. The van der Waals surface area contributed by atoms with Crippen molar-refractivity contribution in [2.45, 2.75) is 26.8 Å².